The van der Waals surface area contributed by atoms with E-state index in [0.717, 1.165) is 5.56 Å². The van der Waals surface area contributed by atoms with Crippen LogP contribution in [0.3, 0.4) is 0 Å². The molecule has 2 aromatic heterocycles. The lowest BCUT2D eigenvalue weighted by Gasteiger charge is -2.11. The van der Waals surface area contributed by atoms with Crippen LogP contribution in [0.1, 0.15) is 50.2 Å². The normalized spacial score (nSPS) is 10.7. The van der Waals surface area contributed by atoms with E-state index in [1.54, 1.807) is 13.8 Å². The molecule has 3 rings (SSSR count). The van der Waals surface area contributed by atoms with E-state index in [2.05, 4.69) is 25.1 Å². The summed E-state index contributed by atoms with van der Waals surface area (Å²) in [5, 5.41) is 7.25. The molecule has 1 aromatic carbocycles. The van der Waals surface area contributed by atoms with Gasteiger partial charge in [-0.2, -0.15) is 9.78 Å². The van der Waals surface area contributed by atoms with Gasteiger partial charge in [0.1, 0.15) is 5.82 Å². The molecule has 0 aliphatic carbocycles. The first kappa shape index (κ1) is 21.0. The zero-order chi connectivity index (χ0) is 22.0. The Bertz CT molecular complexity index is 1180. The number of aromatic nitrogens is 4. The third-order valence-corrected chi connectivity index (χ3v) is 4.92. The molecule has 0 aliphatic rings. The summed E-state index contributed by atoms with van der Waals surface area (Å²) >= 11 is 0. The van der Waals surface area contributed by atoms with Crippen LogP contribution in [-0.2, 0) is 11.2 Å². The summed E-state index contributed by atoms with van der Waals surface area (Å²) in [4.78, 5) is 43.9. The number of ether oxygens (including phenoxy) is 1. The first-order valence-electron chi connectivity index (χ1n) is 9.42. The molecule has 30 heavy (non-hydrogen) atoms. The monoisotopic (exact) mass is 409 g/mol. The second-order valence-corrected chi connectivity index (χ2v) is 6.80. The molecule has 0 spiro atoms. The van der Waals surface area contributed by atoms with Gasteiger partial charge in [0.15, 0.2) is 0 Å². The lowest BCUT2D eigenvalue weighted by Crippen LogP contribution is -2.22. The third-order valence-electron chi connectivity index (χ3n) is 4.92. The number of anilines is 1. The average Bonchev–Trinajstić information content (AvgIpc) is 3.01. The highest BCUT2D eigenvalue weighted by molar-refractivity contribution is 6.04. The Kier molecular flexibility index (Phi) is 5.81. The topological polar surface area (TPSA) is 119 Å². The summed E-state index contributed by atoms with van der Waals surface area (Å²) in [5.41, 5.74) is 3.11. The minimum atomic E-state index is -0.479. The maximum Gasteiger partial charge on any atom is 0.337 e. The average molecular weight is 409 g/mol. The zero-order valence-electron chi connectivity index (χ0n) is 17.5. The first-order chi connectivity index (χ1) is 14.3. The summed E-state index contributed by atoms with van der Waals surface area (Å²) in [6.07, 6.45) is 0.566. The fourth-order valence-electron chi connectivity index (χ4n) is 3.07. The van der Waals surface area contributed by atoms with Crippen molar-refractivity contribution in [3.05, 3.63) is 68.3 Å². The van der Waals surface area contributed by atoms with E-state index in [4.69, 9.17) is 0 Å². The van der Waals surface area contributed by atoms with Crippen molar-refractivity contribution in [2.45, 2.75) is 34.1 Å². The minimum absolute atomic E-state index is 0.224. The number of aromatic amines is 1. The summed E-state index contributed by atoms with van der Waals surface area (Å²) in [7, 11) is 1.29. The molecule has 0 saturated carbocycles. The number of benzene rings is 1. The smallest absolute Gasteiger partial charge is 0.337 e. The highest BCUT2D eigenvalue weighted by Crippen LogP contribution is 2.22. The van der Waals surface area contributed by atoms with Crippen LogP contribution in [0.4, 0.5) is 5.82 Å². The van der Waals surface area contributed by atoms with Crippen molar-refractivity contribution in [2.75, 3.05) is 12.4 Å². The molecular weight excluding hydrogens is 386 g/mol. The van der Waals surface area contributed by atoms with Crippen LogP contribution in [0.5, 0.6) is 0 Å². The largest absolute Gasteiger partial charge is 0.465 e. The number of H-pyrrole nitrogens is 1. The second kappa shape index (κ2) is 8.32. The van der Waals surface area contributed by atoms with E-state index in [0.29, 0.717) is 40.3 Å². The number of carbonyl (C=O) groups excluding carboxylic acids is 2. The van der Waals surface area contributed by atoms with Gasteiger partial charge in [0, 0.05) is 22.4 Å². The zero-order valence-corrected chi connectivity index (χ0v) is 17.5. The number of nitrogens with one attached hydrogen (secondary N) is 2. The van der Waals surface area contributed by atoms with Gasteiger partial charge in [-0.15, -0.1) is 0 Å². The van der Waals surface area contributed by atoms with Crippen LogP contribution in [0.15, 0.2) is 29.1 Å². The van der Waals surface area contributed by atoms with Gasteiger partial charge in [0.2, 0.25) is 5.95 Å². The number of amides is 1. The number of aryl methyl sites for hydroxylation is 2. The number of methoxy groups -OCH3 is 1. The van der Waals surface area contributed by atoms with Crippen molar-refractivity contribution in [3.8, 4) is 5.95 Å². The van der Waals surface area contributed by atoms with Crippen LogP contribution in [0.25, 0.3) is 5.95 Å². The number of carbonyl (C=O) groups is 2. The molecule has 1 amide bonds. The number of esters is 1. The summed E-state index contributed by atoms with van der Waals surface area (Å²) < 4.78 is 6.08. The van der Waals surface area contributed by atoms with Crippen molar-refractivity contribution >= 4 is 17.7 Å². The molecule has 9 nitrogen and oxygen atoms in total. The molecule has 156 valence electrons. The number of hydrogen-bond acceptors (Lipinski definition) is 6. The van der Waals surface area contributed by atoms with Gasteiger partial charge < -0.3 is 10.1 Å². The number of hydrogen-bond donors (Lipinski definition) is 2. The summed E-state index contributed by atoms with van der Waals surface area (Å²) in [5.74, 6) is -0.240. The maximum atomic E-state index is 12.8. The Morgan fingerprint density at radius 2 is 1.73 bits per heavy atom. The quantitative estimate of drug-likeness (QED) is 0.625. The standard InChI is InChI=1S/C21H23N5O4/c1-6-16-13(4)22-21(24-19(16)28)26-17(11(2)12(3)25-26)23-18(27)14-7-9-15(10-8-14)20(29)30-5/h7-10H,6H2,1-5H3,(H,23,27)(H,22,24,28). The predicted octanol–water partition coefficient (Wildman–Crippen LogP) is 2.48. The lowest BCUT2D eigenvalue weighted by atomic mass is 10.1. The van der Waals surface area contributed by atoms with Gasteiger partial charge >= 0.3 is 5.97 Å². The molecule has 0 aliphatic heterocycles. The highest BCUT2D eigenvalue weighted by Gasteiger charge is 2.19. The molecule has 0 fully saturated rings. The first-order valence-corrected chi connectivity index (χ1v) is 9.42. The molecule has 9 heteroatoms. The molecular formula is C21H23N5O4. The lowest BCUT2D eigenvalue weighted by molar-refractivity contribution is 0.0600. The van der Waals surface area contributed by atoms with E-state index in [-0.39, 0.29) is 17.4 Å². The Balaban J connectivity index is 1.97. The van der Waals surface area contributed by atoms with Gasteiger partial charge in [-0.05, 0) is 51.5 Å². The molecule has 0 atom stereocenters. The Labute approximate surface area is 173 Å². The van der Waals surface area contributed by atoms with Crippen molar-refractivity contribution in [1.29, 1.82) is 0 Å². The van der Waals surface area contributed by atoms with E-state index in [1.165, 1.54) is 36.1 Å². The van der Waals surface area contributed by atoms with Crippen LogP contribution in [0.2, 0.25) is 0 Å². The van der Waals surface area contributed by atoms with Crippen LogP contribution in [0, 0.1) is 20.8 Å². The summed E-state index contributed by atoms with van der Waals surface area (Å²) in [6.45, 7) is 7.28. The van der Waals surface area contributed by atoms with Gasteiger partial charge in [0.25, 0.3) is 11.5 Å². The third kappa shape index (κ3) is 3.86. The maximum absolute atomic E-state index is 12.8. The van der Waals surface area contributed by atoms with Crippen molar-refractivity contribution in [2.24, 2.45) is 0 Å². The van der Waals surface area contributed by atoms with E-state index in [9.17, 15) is 14.4 Å². The van der Waals surface area contributed by atoms with Crippen LogP contribution in [-0.4, -0.2) is 38.7 Å². The van der Waals surface area contributed by atoms with Crippen molar-refractivity contribution in [3.63, 3.8) is 0 Å². The van der Waals surface area contributed by atoms with Gasteiger partial charge in [-0.25, -0.2) is 9.78 Å². The van der Waals surface area contributed by atoms with Crippen LogP contribution >= 0.6 is 0 Å². The Morgan fingerprint density at radius 1 is 1.10 bits per heavy atom. The van der Waals surface area contributed by atoms with Gasteiger partial charge in [0.05, 0.1) is 18.4 Å². The summed E-state index contributed by atoms with van der Waals surface area (Å²) in [6, 6.07) is 6.10. The van der Waals surface area contributed by atoms with Crippen molar-refractivity contribution < 1.29 is 14.3 Å². The predicted molar refractivity (Wildman–Crippen MR) is 111 cm³/mol. The van der Waals surface area contributed by atoms with Crippen LogP contribution < -0.4 is 10.9 Å². The van der Waals surface area contributed by atoms with Crippen molar-refractivity contribution in [1.82, 2.24) is 19.7 Å². The Hall–Kier alpha value is -3.75. The fourth-order valence-corrected chi connectivity index (χ4v) is 3.07. The van der Waals surface area contributed by atoms with E-state index in [1.807, 2.05) is 13.8 Å². The minimum Gasteiger partial charge on any atom is -0.465 e. The number of rotatable bonds is 5. The SMILES string of the molecule is CCc1c(C)nc(-n2nc(C)c(C)c2NC(=O)c2ccc(C(=O)OC)cc2)[nH]c1=O. The van der Waals surface area contributed by atoms with Gasteiger partial charge in [-0.1, -0.05) is 6.92 Å². The molecule has 2 N–H and O–H groups in total. The molecule has 0 radical (unpaired) electrons. The van der Waals surface area contributed by atoms with Gasteiger partial charge in [-0.3, -0.25) is 14.6 Å². The number of nitrogens with zero attached hydrogens (tertiary/aromatic N) is 3. The molecule has 0 bridgehead atoms. The van der Waals surface area contributed by atoms with E-state index >= 15 is 0 Å². The van der Waals surface area contributed by atoms with E-state index < -0.39 is 5.97 Å². The molecule has 0 unspecified atom stereocenters. The molecule has 0 saturated heterocycles. The Morgan fingerprint density at radius 3 is 2.30 bits per heavy atom. The molecule has 3 aromatic rings. The highest BCUT2D eigenvalue weighted by atomic mass is 16.5. The molecule has 2 heterocycles. The fraction of sp³-hybridized carbons (Fsp3) is 0.286. The second-order valence-electron chi connectivity index (χ2n) is 6.80.